The highest BCUT2D eigenvalue weighted by atomic mass is 19.4. The van der Waals surface area contributed by atoms with Gasteiger partial charge in [0.1, 0.15) is 28.1 Å². The molecule has 0 aliphatic carbocycles. The van der Waals surface area contributed by atoms with Gasteiger partial charge >= 0.3 is 12.5 Å². The van der Waals surface area contributed by atoms with Crippen molar-refractivity contribution in [3.05, 3.63) is 354 Å². The maximum absolute atomic E-state index is 12.9. The van der Waals surface area contributed by atoms with E-state index >= 15 is 0 Å². The van der Waals surface area contributed by atoms with E-state index in [1.54, 1.807) is 27.6 Å². The van der Waals surface area contributed by atoms with E-state index in [0.717, 1.165) is 171 Å². The minimum Gasteiger partial charge on any atom is -0.503 e. The summed E-state index contributed by atoms with van der Waals surface area (Å²) in [5, 5.41) is 74.0. The molecular formula is C94H95F7N18O13. The molecule has 6 aliphatic rings. The van der Waals surface area contributed by atoms with Crippen molar-refractivity contribution in [3.63, 3.8) is 0 Å². The molecule has 132 heavy (non-hydrogen) atoms. The summed E-state index contributed by atoms with van der Waals surface area (Å²) in [5.74, 6) is -1.79. The normalized spacial score (nSPS) is 15.1. The van der Waals surface area contributed by atoms with E-state index in [2.05, 4.69) is 61.9 Å². The lowest BCUT2D eigenvalue weighted by Crippen LogP contribution is -2.37. The number of rotatable bonds is 15. The van der Waals surface area contributed by atoms with Crippen LogP contribution in [-0.4, -0.2) is 176 Å². The number of para-hydroxylation sites is 1. The van der Waals surface area contributed by atoms with Gasteiger partial charge in [-0.15, -0.1) is 18.3 Å². The smallest absolute Gasteiger partial charge is 0.503 e. The standard InChI is InChI=1S/C16H15F3N2O3.C16H15F3N2O2.2C16H17N5O2.C15H15FN2O2.C15H16N2O2/c17-16(18,19)24-13-3-1-2-11(6-13)8-20-4-5-21-10-15(23)14(22)7-12(21)9-20;17-16(18,19)12-3-1-11(2-4-12)8-20-5-6-21-10-15(23)14(22)7-13(21)9-20;22-15-9-12-10-19(5-7-20(12)11-16(15)23)6-8-21-14-4-2-1-3-13(14)17-18-21;22-15-9-12-10-19(5-7-20(12)11-16(15)23)6-8-21-17-13-3-1-2-4-14(13)18-21;16-12-3-1-11(2-4-12)8-17-5-6-18-10-15(20)14(19)7-13(18)9-17;18-14-8-13-10-16(6-7-17(13)11-15(14)19)9-12-4-2-1-3-5-12/h1-3,6-7,10,23H,4-5,8-9H2;1-4,7,10,23H,5-6,8-9H2;2*1-4,9,11,23H,5-8,10H2;1-4,7,10,20H,5-6,8-9H2;1-5,8,11,19H,6-7,9-10H2. The quantitative estimate of drug-likeness (QED) is 0.0520. The number of fused-ring (bicyclic) bond motifs is 8. The van der Waals surface area contributed by atoms with Gasteiger partial charge in [-0.05, 0) is 82.9 Å². The second-order valence-corrected chi connectivity index (χ2v) is 32.7. The maximum Gasteiger partial charge on any atom is 0.573 e. The SMILES string of the molecule is O=c1cc2n(cc1O)CCN(CCn1nc3ccccc3n1)C2.O=c1cc2n(cc1O)CCN(CCn1nnc3ccccc31)C2.O=c1cc2n(cc1O)CCN(Cc1ccc(C(F)(F)F)cc1)C2.O=c1cc2n(cc1O)CCN(Cc1ccc(F)cc1)C2.O=c1cc2n(cc1O)CCN(Cc1cccc(OC(F)(F)F)c1)C2.O=c1cc2n(cc1O)CCN(Cc1ccccc1)C2. The van der Waals surface area contributed by atoms with E-state index < -0.39 is 29.0 Å². The van der Waals surface area contributed by atoms with E-state index in [9.17, 15) is 90.1 Å². The van der Waals surface area contributed by atoms with Crippen molar-refractivity contribution in [1.82, 2.24) is 86.8 Å². The summed E-state index contributed by atoms with van der Waals surface area (Å²) in [6, 6.07) is 52.3. The zero-order valence-corrected chi connectivity index (χ0v) is 71.5. The number of alkyl halides is 6. The summed E-state index contributed by atoms with van der Waals surface area (Å²) in [4.78, 5) is 84.0. The average Bonchev–Trinajstić information content (AvgIpc) is 1.36. The van der Waals surface area contributed by atoms with Crippen molar-refractivity contribution >= 4 is 22.1 Å². The van der Waals surface area contributed by atoms with Crippen molar-refractivity contribution in [3.8, 4) is 40.2 Å². The molecule has 31 nitrogen and oxygen atoms in total. The lowest BCUT2D eigenvalue weighted by atomic mass is 10.1. The van der Waals surface area contributed by atoms with Crippen LogP contribution in [0, 0.1) is 5.82 Å². The van der Waals surface area contributed by atoms with Crippen LogP contribution in [0.5, 0.6) is 40.2 Å². The molecule has 14 aromatic rings. The van der Waals surface area contributed by atoms with Crippen LogP contribution in [0.3, 0.4) is 0 Å². The minimum atomic E-state index is -4.72. The molecule has 20 rings (SSSR count). The van der Waals surface area contributed by atoms with Gasteiger partial charge in [0.25, 0.3) is 0 Å². The maximum atomic E-state index is 12.9. The third-order valence-electron chi connectivity index (χ3n) is 23.2. The fourth-order valence-electron chi connectivity index (χ4n) is 16.3. The Morgan fingerprint density at radius 2 is 0.636 bits per heavy atom. The van der Waals surface area contributed by atoms with Gasteiger partial charge in [0.05, 0.1) is 61.4 Å². The fourth-order valence-corrected chi connectivity index (χ4v) is 16.3. The van der Waals surface area contributed by atoms with Crippen LogP contribution in [0.25, 0.3) is 22.1 Å². The average molecular weight is 1820 g/mol. The summed E-state index contributed by atoms with van der Waals surface area (Å²) in [7, 11) is 0. The van der Waals surface area contributed by atoms with Crippen LogP contribution in [0.2, 0.25) is 0 Å². The Kier molecular flexibility index (Phi) is 28.8. The van der Waals surface area contributed by atoms with E-state index in [0.29, 0.717) is 84.1 Å². The van der Waals surface area contributed by atoms with Gasteiger partial charge in [-0.2, -0.15) is 28.2 Å². The number of aromatic nitrogens is 12. The van der Waals surface area contributed by atoms with Crippen molar-refractivity contribution in [2.24, 2.45) is 0 Å². The van der Waals surface area contributed by atoms with Gasteiger partial charge in [-0.1, -0.05) is 96.2 Å². The molecule has 0 bridgehead atoms. The molecule has 688 valence electrons. The monoisotopic (exact) mass is 1820 g/mol. The van der Waals surface area contributed by atoms with E-state index in [1.165, 1.54) is 122 Å². The third-order valence-corrected chi connectivity index (χ3v) is 23.2. The molecule has 0 saturated carbocycles. The zero-order chi connectivity index (χ0) is 92.9. The minimum absolute atomic E-state index is 0.166. The second-order valence-electron chi connectivity index (χ2n) is 32.7. The first-order chi connectivity index (χ1) is 63.3. The van der Waals surface area contributed by atoms with Crippen molar-refractivity contribution in [2.75, 3.05) is 52.4 Å². The molecule has 6 aromatic carbocycles. The van der Waals surface area contributed by atoms with Crippen LogP contribution in [-0.2, 0) is 124 Å². The molecule has 0 unspecified atom stereocenters. The number of aromatic hydroxyl groups is 6. The van der Waals surface area contributed by atoms with Gasteiger partial charge in [0.15, 0.2) is 34.5 Å². The van der Waals surface area contributed by atoms with Crippen molar-refractivity contribution in [1.29, 1.82) is 0 Å². The topological polar surface area (TPSA) is 343 Å². The molecule has 14 heterocycles. The number of hydrogen-bond donors (Lipinski definition) is 6. The number of halogens is 7. The predicted octanol–water partition coefficient (Wildman–Crippen LogP) is 9.96. The van der Waals surface area contributed by atoms with Gasteiger partial charge in [-0.25, -0.2) is 9.07 Å². The highest BCUT2D eigenvalue weighted by Crippen LogP contribution is 2.31. The Morgan fingerprint density at radius 3 is 1.02 bits per heavy atom. The molecule has 0 spiro atoms. The zero-order valence-electron chi connectivity index (χ0n) is 71.5. The van der Waals surface area contributed by atoms with E-state index in [-0.39, 0.29) is 67.8 Å². The third kappa shape index (κ3) is 24.4. The van der Waals surface area contributed by atoms with Crippen LogP contribution < -0.4 is 37.3 Å². The predicted molar refractivity (Wildman–Crippen MR) is 474 cm³/mol. The summed E-state index contributed by atoms with van der Waals surface area (Å²) < 4.78 is 105. The van der Waals surface area contributed by atoms with E-state index in [4.69, 9.17) is 0 Å². The molecule has 8 aromatic heterocycles. The van der Waals surface area contributed by atoms with Gasteiger partial charge in [0.2, 0.25) is 32.6 Å². The molecule has 0 atom stereocenters. The second kappa shape index (κ2) is 41.2. The molecule has 6 N–H and O–H groups in total. The number of ether oxygens (including phenoxy) is 1. The van der Waals surface area contributed by atoms with E-state index in [1.807, 2.05) is 99.1 Å². The van der Waals surface area contributed by atoms with Crippen molar-refractivity contribution in [2.45, 2.75) is 130 Å². The van der Waals surface area contributed by atoms with Gasteiger partial charge < -0.3 is 62.8 Å². The lowest BCUT2D eigenvalue weighted by Gasteiger charge is -2.30. The molecule has 0 saturated heterocycles. The Morgan fingerprint density at radius 1 is 0.318 bits per heavy atom. The number of pyridine rings is 6. The summed E-state index contributed by atoms with van der Waals surface area (Å²) >= 11 is 0. The first-order valence-corrected chi connectivity index (χ1v) is 42.6. The Bertz CT molecular complexity index is 6760. The molecule has 38 heteroatoms. The van der Waals surface area contributed by atoms with Gasteiger partial charge in [-0.3, -0.25) is 58.2 Å². The van der Waals surface area contributed by atoms with Crippen LogP contribution in [0.1, 0.15) is 62.0 Å². The van der Waals surface area contributed by atoms with Gasteiger partial charge in [0, 0.05) is 228 Å². The first kappa shape index (κ1) is 92.4. The molecule has 0 fully saturated rings. The molecule has 0 radical (unpaired) electrons. The number of nitrogens with zero attached hydrogens (tertiary/aromatic N) is 18. The lowest BCUT2D eigenvalue weighted by molar-refractivity contribution is -0.274. The number of benzene rings is 6. The first-order valence-electron chi connectivity index (χ1n) is 42.6. The summed E-state index contributed by atoms with van der Waals surface area (Å²) in [6.07, 6.45) is -0.126. The molecule has 0 amide bonds. The Hall–Kier alpha value is -14.3. The van der Waals surface area contributed by atoms with Crippen LogP contribution >= 0.6 is 0 Å². The summed E-state index contributed by atoms with van der Waals surface area (Å²) in [6.45, 7) is 18.5. The van der Waals surface area contributed by atoms with Crippen LogP contribution in [0.15, 0.2) is 254 Å². The number of hydrogen-bond acceptors (Lipinski definition) is 23. The summed E-state index contributed by atoms with van der Waals surface area (Å²) in [5.41, 5.74) is 9.97. The van der Waals surface area contributed by atoms with Crippen LogP contribution in [0.4, 0.5) is 30.7 Å². The highest BCUT2D eigenvalue weighted by molar-refractivity contribution is 5.74. The highest BCUT2D eigenvalue weighted by Gasteiger charge is 2.33. The Balaban J connectivity index is 0.000000121. The van der Waals surface area contributed by atoms with Crippen molar-refractivity contribution < 1.29 is 66.1 Å². The molecular weight excluding hydrogens is 1720 g/mol. The Labute approximate surface area is 748 Å². The fraction of sp³-hybridized carbons (Fsp3) is 0.298. The largest absolute Gasteiger partial charge is 0.573 e. The molecule has 6 aliphatic heterocycles.